The molecule has 1 heterocycles. The summed E-state index contributed by atoms with van der Waals surface area (Å²) in [5, 5.41) is 3.55. The second-order valence-corrected chi connectivity index (χ2v) is 4.68. The number of quaternary nitrogens is 1. The largest absolute Gasteiger partial charge is 1.00 e. The molecule has 0 aliphatic carbocycles. The summed E-state index contributed by atoms with van der Waals surface area (Å²) in [5.41, 5.74) is 0. The van der Waals surface area contributed by atoms with E-state index in [2.05, 4.69) is 30.9 Å². The number of hydrogen-bond donors (Lipinski definition) is 0. The SMILES string of the molecule is CC[N+](CC)(CC)CC(=O)CCCc1ncno1.[Br-]. The fraction of sp³-hybridized carbons (Fsp3) is 0.769. The molecule has 5 nitrogen and oxygen atoms in total. The number of Topliss-reactive ketones (excluding diaryl/α,β-unsaturated/α-hetero) is 1. The van der Waals surface area contributed by atoms with Crippen LogP contribution >= 0.6 is 0 Å². The first-order chi connectivity index (χ1) is 8.65. The lowest BCUT2D eigenvalue weighted by molar-refractivity contribution is -0.915. The Labute approximate surface area is 125 Å². The lowest BCUT2D eigenvalue weighted by atomic mass is 10.1. The third-order valence-electron chi connectivity index (χ3n) is 3.78. The average molecular weight is 334 g/mol. The van der Waals surface area contributed by atoms with Gasteiger partial charge in [-0.1, -0.05) is 5.16 Å². The summed E-state index contributed by atoms with van der Waals surface area (Å²) in [7, 11) is 0. The number of aromatic nitrogens is 2. The van der Waals surface area contributed by atoms with Gasteiger partial charge in [0.15, 0.2) is 12.1 Å². The Morgan fingerprint density at radius 2 is 1.89 bits per heavy atom. The van der Waals surface area contributed by atoms with E-state index in [0.29, 0.717) is 31.1 Å². The highest BCUT2D eigenvalue weighted by Crippen LogP contribution is 2.08. The number of ketones is 1. The third-order valence-corrected chi connectivity index (χ3v) is 3.78. The molecule has 6 heteroatoms. The minimum absolute atomic E-state index is 0. The molecule has 0 aromatic carbocycles. The van der Waals surface area contributed by atoms with Crippen LogP contribution in [0, 0.1) is 0 Å². The van der Waals surface area contributed by atoms with Crippen molar-refractivity contribution in [3.05, 3.63) is 12.2 Å². The molecule has 0 amide bonds. The lowest BCUT2D eigenvalue weighted by Gasteiger charge is -2.35. The molecule has 0 saturated heterocycles. The molecule has 1 aromatic rings. The van der Waals surface area contributed by atoms with Gasteiger partial charge >= 0.3 is 0 Å². The standard InChI is InChI=1S/C13H24N3O2.BrH/c1-4-16(5-2,6-3)10-12(17)8-7-9-13-14-11-15-18-13;/h11H,4-10H2,1-3H3;1H/q+1;/p-1. The van der Waals surface area contributed by atoms with Gasteiger partial charge in [-0.2, -0.15) is 4.98 Å². The number of aryl methyl sites for hydroxylation is 1. The summed E-state index contributed by atoms with van der Waals surface area (Å²) in [4.78, 5) is 15.9. The molecule has 0 unspecified atom stereocenters. The first kappa shape index (κ1) is 18.2. The molecule has 1 rings (SSSR count). The van der Waals surface area contributed by atoms with E-state index >= 15 is 0 Å². The molecule has 0 bridgehead atoms. The molecule has 0 atom stereocenters. The van der Waals surface area contributed by atoms with Crippen LogP contribution in [0.15, 0.2) is 10.9 Å². The molecular weight excluding hydrogens is 310 g/mol. The van der Waals surface area contributed by atoms with Gasteiger partial charge in [0.1, 0.15) is 6.54 Å². The van der Waals surface area contributed by atoms with E-state index in [1.165, 1.54) is 6.33 Å². The molecule has 0 aliphatic heterocycles. The minimum Gasteiger partial charge on any atom is -1.00 e. The number of likely N-dealkylation sites (N-methyl/N-ethyl adjacent to an activating group) is 1. The van der Waals surface area contributed by atoms with Crippen molar-refractivity contribution in [1.29, 1.82) is 0 Å². The van der Waals surface area contributed by atoms with Crippen molar-refractivity contribution < 1.29 is 30.8 Å². The van der Waals surface area contributed by atoms with Gasteiger partial charge in [-0.15, -0.1) is 0 Å². The highest BCUT2D eigenvalue weighted by molar-refractivity contribution is 5.79. The predicted molar refractivity (Wildman–Crippen MR) is 69.0 cm³/mol. The fourth-order valence-electron chi connectivity index (χ4n) is 2.20. The zero-order valence-corrected chi connectivity index (χ0v) is 13.6. The van der Waals surface area contributed by atoms with Crippen molar-refractivity contribution >= 4 is 5.78 Å². The van der Waals surface area contributed by atoms with Crippen LogP contribution in [0.3, 0.4) is 0 Å². The molecule has 0 fully saturated rings. The van der Waals surface area contributed by atoms with E-state index in [1.807, 2.05) is 0 Å². The summed E-state index contributed by atoms with van der Waals surface area (Å²) in [6.45, 7) is 10.1. The maximum absolute atomic E-state index is 12.0. The smallest absolute Gasteiger partial charge is 0.226 e. The van der Waals surface area contributed by atoms with Crippen molar-refractivity contribution in [3.8, 4) is 0 Å². The molecule has 0 spiro atoms. The van der Waals surface area contributed by atoms with Crippen LogP contribution in [0.5, 0.6) is 0 Å². The van der Waals surface area contributed by atoms with Crippen LogP contribution in [0.1, 0.15) is 39.5 Å². The minimum atomic E-state index is 0. The van der Waals surface area contributed by atoms with E-state index in [9.17, 15) is 4.79 Å². The summed E-state index contributed by atoms with van der Waals surface area (Å²) in [5.74, 6) is 0.949. The van der Waals surface area contributed by atoms with Gasteiger partial charge in [0.2, 0.25) is 5.89 Å². The van der Waals surface area contributed by atoms with Gasteiger partial charge in [-0.25, -0.2) is 0 Å². The summed E-state index contributed by atoms with van der Waals surface area (Å²) in [6, 6.07) is 0. The molecule has 19 heavy (non-hydrogen) atoms. The van der Waals surface area contributed by atoms with E-state index < -0.39 is 0 Å². The Morgan fingerprint density at radius 1 is 1.26 bits per heavy atom. The first-order valence-electron chi connectivity index (χ1n) is 6.78. The molecule has 0 radical (unpaired) electrons. The van der Waals surface area contributed by atoms with Crippen LogP contribution in [-0.2, 0) is 11.2 Å². The van der Waals surface area contributed by atoms with Gasteiger partial charge in [0, 0.05) is 12.8 Å². The second-order valence-electron chi connectivity index (χ2n) is 4.68. The van der Waals surface area contributed by atoms with Crippen molar-refractivity contribution in [2.75, 3.05) is 26.2 Å². The van der Waals surface area contributed by atoms with E-state index in [0.717, 1.165) is 30.5 Å². The number of hydrogen-bond acceptors (Lipinski definition) is 4. The van der Waals surface area contributed by atoms with Crippen LogP contribution in [0.25, 0.3) is 0 Å². The zero-order chi connectivity index (χ0) is 13.4. The summed E-state index contributed by atoms with van der Waals surface area (Å²) < 4.78 is 5.79. The van der Waals surface area contributed by atoms with E-state index in [1.54, 1.807) is 0 Å². The Morgan fingerprint density at radius 3 is 2.37 bits per heavy atom. The van der Waals surface area contributed by atoms with E-state index in [-0.39, 0.29) is 17.0 Å². The number of halogens is 1. The Balaban J connectivity index is 0.00000324. The van der Waals surface area contributed by atoms with Crippen LogP contribution < -0.4 is 17.0 Å². The van der Waals surface area contributed by atoms with Gasteiger partial charge in [0.25, 0.3) is 0 Å². The van der Waals surface area contributed by atoms with Crippen molar-refractivity contribution in [2.24, 2.45) is 0 Å². The van der Waals surface area contributed by atoms with Gasteiger partial charge in [-0.05, 0) is 27.2 Å². The predicted octanol–water partition coefficient (Wildman–Crippen LogP) is -1.16. The molecule has 110 valence electrons. The molecule has 0 N–H and O–H groups in total. The maximum atomic E-state index is 12.0. The number of carbonyl (C=O) groups excluding carboxylic acids is 1. The normalized spacial score (nSPS) is 11.1. The monoisotopic (exact) mass is 333 g/mol. The highest BCUT2D eigenvalue weighted by atomic mass is 79.9. The second kappa shape index (κ2) is 9.20. The third kappa shape index (κ3) is 5.82. The first-order valence-corrected chi connectivity index (χ1v) is 6.78. The van der Waals surface area contributed by atoms with Crippen molar-refractivity contribution in [2.45, 2.75) is 40.0 Å². The summed E-state index contributed by atoms with van der Waals surface area (Å²) in [6.07, 6.45) is 3.47. The highest BCUT2D eigenvalue weighted by Gasteiger charge is 2.24. The Kier molecular flexibility index (Phi) is 8.84. The van der Waals surface area contributed by atoms with Gasteiger partial charge < -0.3 is 26.0 Å². The van der Waals surface area contributed by atoms with Gasteiger partial charge in [0.05, 0.1) is 19.6 Å². The number of carbonyl (C=O) groups is 1. The van der Waals surface area contributed by atoms with E-state index in [4.69, 9.17) is 4.52 Å². The number of nitrogens with zero attached hydrogens (tertiary/aromatic N) is 3. The van der Waals surface area contributed by atoms with Crippen molar-refractivity contribution in [3.63, 3.8) is 0 Å². The topological polar surface area (TPSA) is 56.0 Å². The molecule has 0 saturated carbocycles. The maximum Gasteiger partial charge on any atom is 0.226 e. The van der Waals surface area contributed by atoms with Crippen LogP contribution in [0.2, 0.25) is 0 Å². The summed E-state index contributed by atoms with van der Waals surface area (Å²) >= 11 is 0. The van der Waals surface area contributed by atoms with Crippen molar-refractivity contribution in [1.82, 2.24) is 10.1 Å². The number of rotatable bonds is 9. The van der Waals surface area contributed by atoms with Crippen LogP contribution in [-0.4, -0.2) is 46.6 Å². The van der Waals surface area contributed by atoms with Crippen LogP contribution in [0.4, 0.5) is 0 Å². The van der Waals surface area contributed by atoms with Gasteiger partial charge in [-0.3, -0.25) is 4.79 Å². The fourth-order valence-corrected chi connectivity index (χ4v) is 2.20. The zero-order valence-electron chi connectivity index (χ0n) is 12.1. The lowest BCUT2D eigenvalue weighted by Crippen LogP contribution is -3.00. The molecule has 1 aromatic heterocycles. The average Bonchev–Trinajstić information content (AvgIpc) is 2.89. The molecule has 0 aliphatic rings. The molecular formula is C13H24BrN3O2. The Hall–Kier alpha value is -0.750. The quantitative estimate of drug-likeness (QED) is 0.535. The Bertz CT molecular complexity index is 343.